The number of nitrogens with one attached hydrogen (secondary N) is 2. The Balaban J connectivity index is 1.42. The lowest BCUT2D eigenvalue weighted by Crippen LogP contribution is -2.28. The number of aromatic nitrogens is 1. The Morgan fingerprint density at radius 2 is 1.64 bits per heavy atom. The third-order valence-corrected chi connectivity index (χ3v) is 5.12. The second-order valence-electron chi connectivity index (χ2n) is 7.45. The van der Waals surface area contributed by atoms with E-state index in [0.717, 1.165) is 27.9 Å². The summed E-state index contributed by atoms with van der Waals surface area (Å²) in [5, 5.41) is 6.47. The van der Waals surface area contributed by atoms with Gasteiger partial charge in [-0.1, -0.05) is 48.5 Å². The van der Waals surface area contributed by atoms with E-state index in [9.17, 15) is 9.59 Å². The Kier molecular flexibility index (Phi) is 6.95. The Labute approximate surface area is 192 Å². The third kappa shape index (κ3) is 5.54. The van der Waals surface area contributed by atoms with Gasteiger partial charge in [0, 0.05) is 29.6 Å². The number of ether oxygens (including phenoxy) is 1. The zero-order valence-electron chi connectivity index (χ0n) is 18.4. The number of rotatable bonds is 8. The second kappa shape index (κ2) is 10.4. The highest BCUT2D eigenvalue weighted by Crippen LogP contribution is 2.24. The summed E-state index contributed by atoms with van der Waals surface area (Å²) in [6, 6.07) is 26.3. The minimum Gasteiger partial charge on any atom is -0.494 e. The molecule has 3 aromatic carbocycles. The van der Waals surface area contributed by atoms with Gasteiger partial charge < -0.3 is 15.4 Å². The van der Waals surface area contributed by atoms with Crippen LogP contribution in [0.3, 0.4) is 0 Å². The lowest BCUT2D eigenvalue weighted by atomic mass is 10.0. The highest BCUT2D eigenvalue weighted by molar-refractivity contribution is 6.07. The monoisotopic (exact) mass is 439 g/mol. The summed E-state index contributed by atoms with van der Waals surface area (Å²) >= 11 is 0. The molecule has 1 heterocycles. The summed E-state index contributed by atoms with van der Waals surface area (Å²) in [5.74, 6) is 0.339. The van der Waals surface area contributed by atoms with Crippen LogP contribution in [-0.2, 0) is 4.79 Å². The second-order valence-corrected chi connectivity index (χ2v) is 7.45. The van der Waals surface area contributed by atoms with Gasteiger partial charge in [0.1, 0.15) is 5.75 Å². The minimum atomic E-state index is -0.236. The Hall–Kier alpha value is -4.19. The number of anilines is 1. The molecule has 4 aromatic rings. The van der Waals surface area contributed by atoms with E-state index in [2.05, 4.69) is 10.6 Å². The molecule has 6 nitrogen and oxygen atoms in total. The smallest absolute Gasteiger partial charge is 0.252 e. The Morgan fingerprint density at radius 1 is 0.909 bits per heavy atom. The van der Waals surface area contributed by atoms with Gasteiger partial charge in [-0.25, -0.2) is 4.98 Å². The topological polar surface area (TPSA) is 80.3 Å². The highest BCUT2D eigenvalue weighted by atomic mass is 16.5. The molecule has 0 saturated heterocycles. The van der Waals surface area contributed by atoms with Crippen molar-refractivity contribution in [2.75, 3.05) is 18.5 Å². The fourth-order valence-electron chi connectivity index (χ4n) is 3.53. The van der Waals surface area contributed by atoms with Crippen LogP contribution >= 0.6 is 0 Å². The lowest BCUT2D eigenvalue weighted by molar-refractivity contribution is -0.116. The van der Waals surface area contributed by atoms with Crippen molar-refractivity contribution in [3.05, 3.63) is 90.5 Å². The molecule has 166 valence electrons. The highest BCUT2D eigenvalue weighted by Gasteiger charge is 2.14. The van der Waals surface area contributed by atoms with E-state index in [4.69, 9.17) is 9.72 Å². The molecule has 0 radical (unpaired) electrons. The molecular weight excluding hydrogens is 414 g/mol. The first-order valence-electron chi connectivity index (χ1n) is 10.9. The fourth-order valence-corrected chi connectivity index (χ4v) is 3.53. The third-order valence-electron chi connectivity index (χ3n) is 5.12. The Morgan fingerprint density at radius 3 is 2.39 bits per heavy atom. The van der Waals surface area contributed by atoms with Crippen molar-refractivity contribution in [1.29, 1.82) is 0 Å². The van der Waals surface area contributed by atoms with Crippen LogP contribution in [0, 0.1) is 0 Å². The number of benzene rings is 3. The quantitative estimate of drug-likeness (QED) is 0.402. The summed E-state index contributed by atoms with van der Waals surface area (Å²) in [4.78, 5) is 30.0. The average Bonchev–Trinajstić information content (AvgIpc) is 2.85. The zero-order valence-corrected chi connectivity index (χ0v) is 18.4. The summed E-state index contributed by atoms with van der Waals surface area (Å²) in [6.45, 7) is 2.73. The van der Waals surface area contributed by atoms with Crippen LogP contribution in [0.4, 0.5) is 5.69 Å². The average molecular weight is 440 g/mol. The van der Waals surface area contributed by atoms with Crippen LogP contribution in [0.15, 0.2) is 84.9 Å². The standard InChI is InChI=1S/C27H25N3O3/c1-2-33-21-14-12-20(13-15-21)29-26(31)16-17-28-27(32)23-18-25(19-8-4-3-5-9-19)30-24-11-7-6-10-22(23)24/h3-15,18H,2,16-17H2,1H3,(H,28,32)(H,29,31). The maximum atomic E-state index is 13.0. The predicted octanol–water partition coefficient (Wildman–Crippen LogP) is 5.06. The molecule has 0 atom stereocenters. The van der Waals surface area contributed by atoms with Crippen LogP contribution in [0.1, 0.15) is 23.7 Å². The van der Waals surface area contributed by atoms with E-state index in [1.165, 1.54) is 0 Å². The molecule has 6 heteroatoms. The number of carbonyl (C=O) groups is 2. The van der Waals surface area contributed by atoms with E-state index in [-0.39, 0.29) is 24.8 Å². The number of para-hydroxylation sites is 1. The molecule has 33 heavy (non-hydrogen) atoms. The SMILES string of the molecule is CCOc1ccc(NC(=O)CCNC(=O)c2cc(-c3ccccc3)nc3ccccc23)cc1. The summed E-state index contributed by atoms with van der Waals surface area (Å²) in [6.07, 6.45) is 0.160. The van der Waals surface area contributed by atoms with Crippen molar-refractivity contribution < 1.29 is 14.3 Å². The number of nitrogens with zero attached hydrogens (tertiary/aromatic N) is 1. The van der Waals surface area contributed by atoms with Gasteiger partial charge in [-0.05, 0) is 43.3 Å². The van der Waals surface area contributed by atoms with Crippen LogP contribution in [-0.4, -0.2) is 29.9 Å². The van der Waals surface area contributed by atoms with Gasteiger partial charge in [-0.3, -0.25) is 9.59 Å². The van der Waals surface area contributed by atoms with Crippen molar-refractivity contribution in [1.82, 2.24) is 10.3 Å². The molecule has 4 rings (SSSR count). The number of pyridine rings is 1. The van der Waals surface area contributed by atoms with E-state index in [0.29, 0.717) is 17.9 Å². The van der Waals surface area contributed by atoms with Gasteiger partial charge in [0.25, 0.3) is 5.91 Å². The molecule has 0 spiro atoms. The molecule has 0 bridgehead atoms. The largest absolute Gasteiger partial charge is 0.494 e. The Bertz CT molecular complexity index is 1250. The fraction of sp³-hybridized carbons (Fsp3) is 0.148. The van der Waals surface area contributed by atoms with Crippen LogP contribution < -0.4 is 15.4 Å². The zero-order chi connectivity index (χ0) is 23.0. The van der Waals surface area contributed by atoms with Gasteiger partial charge in [-0.2, -0.15) is 0 Å². The van der Waals surface area contributed by atoms with Gasteiger partial charge in [-0.15, -0.1) is 0 Å². The predicted molar refractivity (Wildman–Crippen MR) is 130 cm³/mol. The lowest BCUT2D eigenvalue weighted by Gasteiger charge is -2.11. The van der Waals surface area contributed by atoms with Crippen molar-refractivity contribution in [2.45, 2.75) is 13.3 Å². The maximum absolute atomic E-state index is 13.0. The van der Waals surface area contributed by atoms with Gasteiger partial charge in [0.05, 0.1) is 23.4 Å². The van der Waals surface area contributed by atoms with E-state index in [1.807, 2.05) is 61.5 Å². The number of amides is 2. The van der Waals surface area contributed by atoms with Crippen molar-refractivity contribution >= 4 is 28.4 Å². The molecule has 1 aromatic heterocycles. The van der Waals surface area contributed by atoms with Crippen molar-refractivity contribution in [2.24, 2.45) is 0 Å². The normalized spacial score (nSPS) is 10.6. The molecule has 2 N–H and O–H groups in total. The van der Waals surface area contributed by atoms with E-state index < -0.39 is 0 Å². The van der Waals surface area contributed by atoms with E-state index >= 15 is 0 Å². The first-order chi connectivity index (χ1) is 16.1. The molecule has 0 unspecified atom stereocenters. The molecule has 0 aliphatic rings. The molecule has 0 fully saturated rings. The first-order valence-corrected chi connectivity index (χ1v) is 10.9. The molecule has 0 saturated carbocycles. The van der Waals surface area contributed by atoms with Gasteiger partial charge >= 0.3 is 0 Å². The summed E-state index contributed by atoms with van der Waals surface area (Å²) in [5.41, 5.74) is 3.63. The number of hydrogen-bond donors (Lipinski definition) is 2. The van der Waals surface area contributed by atoms with Crippen LogP contribution in [0.2, 0.25) is 0 Å². The van der Waals surface area contributed by atoms with Gasteiger partial charge in [0.15, 0.2) is 0 Å². The van der Waals surface area contributed by atoms with Crippen molar-refractivity contribution in [3.63, 3.8) is 0 Å². The number of carbonyl (C=O) groups excluding carboxylic acids is 2. The first kappa shape index (κ1) is 22.0. The van der Waals surface area contributed by atoms with E-state index in [1.54, 1.807) is 30.3 Å². The summed E-state index contributed by atoms with van der Waals surface area (Å²) < 4.78 is 5.40. The van der Waals surface area contributed by atoms with Gasteiger partial charge in [0.2, 0.25) is 5.91 Å². The van der Waals surface area contributed by atoms with Crippen molar-refractivity contribution in [3.8, 4) is 17.0 Å². The molecule has 0 aliphatic carbocycles. The molecule has 0 aliphatic heterocycles. The van der Waals surface area contributed by atoms with Crippen LogP contribution in [0.25, 0.3) is 22.2 Å². The van der Waals surface area contributed by atoms with Crippen LogP contribution in [0.5, 0.6) is 5.75 Å². The molecular formula is C27H25N3O3. The molecule has 2 amide bonds. The number of fused-ring (bicyclic) bond motifs is 1. The number of hydrogen-bond acceptors (Lipinski definition) is 4. The minimum absolute atomic E-state index is 0.160. The maximum Gasteiger partial charge on any atom is 0.252 e. The summed E-state index contributed by atoms with van der Waals surface area (Å²) in [7, 11) is 0.